The summed E-state index contributed by atoms with van der Waals surface area (Å²) in [5.74, 6) is -2.34. The summed E-state index contributed by atoms with van der Waals surface area (Å²) in [5, 5.41) is 11.7. The number of carbonyl (C=O) groups is 3. The zero-order chi connectivity index (χ0) is 17.7. The Kier molecular flexibility index (Phi) is 5.97. The van der Waals surface area contributed by atoms with Crippen molar-refractivity contribution in [2.75, 3.05) is 26.8 Å². The predicted molar refractivity (Wildman–Crippen MR) is 83.8 cm³/mol. The van der Waals surface area contributed by atoms with Crippen LogP contribution >= 0.6 is 0 Å². The van der Waals surface area contributed by atoms with Gasteiger partial charge < -0.3 is 24.5 Å². The quantitative estimate of drug-likeness (QED) is 0.749. The van der Waals surface area contributed by atoms with Crippen LogP contribution in [0.5, 0.6) is 0 Å². The number of ether oxygens (including phenoxy) is 1. The number of nitrogens with zero attached hydrogens (tertiary/aromatic N) is 1. The molecule has 132 valence electrons. The van der Waals surface area contributed by atoms with E-state index >= 15 is 0 Å². The van der Waals surface area contributed by atoms with Crippen molar-refractivity contribution in [1.82, 2.24) is 10.2 Å². The number of likely N-dealkylation sites (tertiary alicyclic amines) is 1. The van der Waals surface area contributed by atoms with E-state index in [1.807, 2.05) is 6.92 Å². The molecule has 2 atom stereocenters. The van der Waals surface area contributed by atoms with E-state index in [1.165, 1.54) is 12.1 Å². The number of carbonyl (C=O) groups excluding carboxylic acids is 2. The summed E-state index contributed by atoms with van der Waals surface area (Å²) < 4.78 is 9.97. The van der Waals surface area contributed by atoms with E-state index < -0.39 is 11.9 Å². The zero-order valence-electron chi connectivity index (χ0n) is 13.8. The van der Waals surface area contributed by atoms with Gasteiger partial charge in [0.25, 0.3) is 5.91 Å². The van der Waals surface area contributed by atoms with Crippen molar-refractivity contribution in [3.63, 3.8) is 0 Å². The molecule has 1 aromatic rings. The van der Waals surface area contributed by atoms with Gasteiger partial charge in [0.1, 0.15) is 0 Å². The summed E-state index contributed by atoms with van der Waals surface area (Å²) >= 11 is 0. The Labute approximate surface area is 139 Å². The highest BCUT2D eigenvalue weighted by molar-refractivity contribution is 5.94. The monoisotopic (exact) mass is 338 g/mol. The highest BCUT2D eigenvalue weighted by Crippen LogP contribution is 2.24. The van der Waals surface area contributed by atoms with Gasteiger partial charge in [0.15, 0.2) is 5.76 Å². The molecule has 0 spiro atoms. The summed E-state index contributed by atoms with van der Waals surface area (Å²) in [6, 6.07) is 2.55. The van der Waals surface area contributed by atoms with E-state index in [4.69, 9.17) is 14.3 Å². The molecule has 1 aliphatic heterocycles. The summed E-state index contributed by atoms with van der Waals surface area (Å²) in [4.78, 5) is 37.2. The number of methoxy groups -OCH3 is 1. The maximum Gasteiger partial charge on any atom is 0.371 e. The molecule has 2 unspecified atom stereocenters. The number of nitrogens with one attached hydrogen (secondary N) is 1. The zero-order valence-corrected chi connectivity index (χ0v) is 13.8. The van der Waals surface area contributed by atoms with Crippen LogP contribution in [0.25, 0.3) is 0 Å². The Morgan fingerprint density at radius 1 is 1.33 bits per heavy atom. The molecule has 0 aliphatic carbocycles. The molecule has 1 fully saturated rings. The van der Waals surface area contributed by atoms with Gasteiger partial charge in [-0.25, -0.2) is 4.79 Å². The predicted octanol–water partition coefficient (Wildman–Crippen LogP) is 0.981. The number of amides is 2. The molecule has 24 heavy (non-hydrogen) atoms. The first-order valence-electron chi connectivity index (χ1n) is 7.84. The maximum absolute atomic E-state index is 12.6. The van der Waals surface area contributed by atoms with E-state index in [-0.39, 0.29) is 35.9 Å². The Morgan fingerprint density at radius 2 is 2.04 bits per heavy atom. The van der Waals surface area contributed by atoms with Gasteiger partial charge in [0.2, 0.25) is 11.7 Å². The van der Waals surface area contributed by atoms with Crippen LogP contribution < -0.4 is 5.32 Å². The lowest BCUT2D eigenvalue weighted by atomic mass is 9.92. The average molecular weight is 338 g/mol. The minimum Gasteiger partial charge on any atom is -0.475 e. The summed E-state index contributed by atoms with van der Waals surface area (Å²) in [7, 11) is 1.56. The second-order valence-electron chi connectivity index (χ2n) is 5.83. The summed E-state index contributed by atoms with van der Waals surface area (Å²) in [5.41, 5.74) is 0. The standard InChI is InChI=1S/C16H22N2O6/c1-10-3-4-11(14(19)17-7-8-23-2)9-18(10)15(20)12-5-6-13(24-12)16(21)22/h5-6,10-11H,3-4,7-9H2,1-2H3,(H,17,19)(H,21,22). The van der Waals surface area contributed by atoms with Gasteiger partial charge in [0.05, 0.1) is 12.5 Å². The third kappa shape index (κ3) is 4.14. The van der Waals surface area contributed by atoms with E-state index in [0.29, 0.717) is 26.0 Å². The van der Waals surface area contributed by atoms with E-state index in [1.54, 1.807) is 12.0 Å². The lowest BCUT2D eigenvalue weighted by Crippen LogP contribution is -2.49. The Balaban J connectivity index is 2.03. The normalized spacial score (nSPS) is 20.7. The molecule has 2 heterocycles. The smallest absolute Gasteiger partial charge is 0.371 e. The van der Waals surface area contributed by atoms with Crippen molar-refractivity contribution in [2.24, 2.45) is 5.92 Å². The minimum atomic E-state index is -1.23. The lowest BCUT2D eigenvalue weighted by Gasteiger charge is -2.36. The first-order valence-corrected chi connectivity index (χ1v) is 7.84. The van der Waals surface area contributed by atoms with Crippen molar-refractivity contribution in [3.05, 3.63) is 23.7 Å². The number of hydrogen-bond donors (Lipinski definition) is 2. The number of aromatic carboxylic acids is 1. The summed E-state index contributed by atoms with van der Waals surface area (Å²) in [6.07, 6.45) is 1.39. The van der Waals surface area contributed by atoms with Crippen LogP contribution in [0.3, 0.4) is 0 Å². The highest BCUT2D eigenvalue weighted by Gasteiger charge is 2.34. The van der Waals surface area contributed by atoms with E-state index in [0.717, 1.165) is 0 Å². The fraction of sp³-hybridized carbons (Fsp3) is 0.562. The van der Waals surface area contributed by atoms with Crippen molar-refractivity contribution < 1.29 is 28.6 Å². The fourth-order valence-electron chi connectivity index (χ4n) is 2.73. The second-order valence-corrected chi connectivity index (χ2v) is 5.83. The topological polar surface area (TPSA) is 109 Å². The summed E-state index contributed by atoms with van der Waals surface area (Å²) in [6.45, 7) is 3.04. The number of hydrogen-bond acceptors (Lipinski definition) is 5. The number of piperidine rings is 1. The minimum absolute atomic E-state index is 0.0281. The number of rotatable bonds is 6. The largest absolute Gasteiger partial charge is 0.475 e. The van der Waals surface area contributed by atoms with E-state index in [2.05, 4.69) is 5.32 Å². The Hall–Kier alpha value is -2.35. The van der Waals surface area contributed by atoms with Crippen molar-refractivity contribution in [1.29, 1.82) is 0 Å². The average Bonchev–Trinajstić information content (AvgIpc) is 3.05. The molecule has 1 aliphatic rings. The molecule has 0 bridgehead atoms. The molecule has 2 amide bonds. The van der Waals surface area contributed by atoms with Crippen LogP contribution in [0.2, 0.25) is 0 Å². The third-order valence-electron chi connectivity index (χ3n) is 4.15. The van der Waals surface area contributed by atoms with Gasteiger partial charge >= 0.3 is 5.97 Å². The van der Waals surface area contributed by atoms with Gasteiger partial charge in [-0.3, -0.25) is 9.59 Å². The van der Waals surface area contributed by atoms with E-state index in [9.17, 15) is 14.4 Å². The second kappa shape index (κ2) is 7.96. The van der Waals surface area contributed by atoms with Crippen LogP contribution in [0.4, 0.5) is 0 Å². The number of furan rings is 1. The first-order chi connectivity index (χ1) is 11.4. The Morgan fingerprint density at radius 3 is 2.67 bits per heavy atom. The van der Waals surface area contributed by atoms with Crippen molar-refractivity contribution in [3.8, 4) is 0 Å². The van der Waals surface area contributed by atoms with Crippen molar-refractivity contribution >= 4 is 17.8 Å². The van der Waals surface area contributed by atoms with Gasteiger partial charge in [-0.2, -0.15) is 0 Å². The molecular formula is C16H22N2O6. The van der Waals surface area contributed by atoms with Crippen LogP contribution in [0, 0.1) is 5.92 Å². The van der Waals surface area contributed by atoms with Crippen LogP contribution in [0.15, 0.2) is 16.5 Å². The van der Waals surface area contributed by atoms with Crippen LogP contribution in [-0.4, -0.2) is 60.6 Å². The van der Waals surface area contributed by atoms with Crippen molar-refractivity contribution in [2.45, 2.75) is 25.8 Å². The van der Waals surface area contributed by atoms with Crippen LogP contribution in [-0.2, 0) is 9.53 Å². The number of carboxylic acid groups (broad SMARTS) is 1. The first kappa shape index (κ1) is 18.0. The Bertz CT molecular complexity index is 611. The van der Waals surface area contributed by atoms with Gasteiger partial charge in [0, 0.05) is 26.2 Å². The molecule has 1 aromatic heterocycles. The molecular weight excluding hydrogens is 316 g/mol. The number of carboxylic acids is 1. The van der Waals surface area contributed by atoms with Gasteiger partial charge in [-0.15, -0.1) is 0 Å². The third-order valence-corrected chi connectivity index (χ3v) is 4.15. The fourth-order valence-corrected chi connectivity index (χ4v) is 2.73. The molecule has 2 rings (SSSR count). The molecule has 1 saturated heterocycles. The molecule has 8 nitrogen and oxygen atoms in total. The van der Waals surface area contributed by atoms with Crippen LogP contribution in [0.1, 0.15) is 40.9 Å². The maximum atomic E-state index is 12.6. The molecule has 0 aromatic carbocycles. The highest BCUT2D eigenvalue weighted by atomic mass is 16.5. The van der Waals surface area contributed by atoms with Gasteiger partial charge in [-0.1, -0.05) is 0 Å². The molecule has 2 N–H and O–H groups in total. The SMILES string of the molecule is COCCNC(=O)C1CCC(C)N(C(=O)c2ccc(C(=O)O)o2)C1. The lowest BCUT2D eigenvalue weighted by molar-refractivity contribution is -0.126. The molecule has 0 radical (unpaired) electrons. The molecule has 8 heteroatoms. The van der Waals surface area contributed by atoms with Gasteiger partial charge in [-0.05, 0) is 31.9 Å². The molecule has 0 saturated carbocycles.